The van der Waals surface area contributed by atoms with Crippen molar-refractivity contribution >= 4 is 46.4 Å². The summed E-state index contributed by atoms with van der Waals surface area (Å²) < 4.78 is 26.6. The molecule has 4 aromatic rings. The van der Waals surface area contributed by atoms with Gasteiger partial charge >= 0.3 is 0 Å². The molecule has 2 aliphatic rings. The summed E-state index contributed by atoms with van der Waals surface area (Å²) in [5.74, 6) is -2.24. The van der Waals surface area contributed by atoms with E-state index >= 15 is 0 Å². The van der Waals surface area contributed by atoms with Crippen LogP contribution in [0.4, 0.5) is 0 Å². The van der Waals surface area contributed by atoms with Gasteiger partial charge in [-0.2, -0.15) is 10.2 Å². The standard InChI is InChI=1S/2C13H13Cl2N3O3/c2*14-9-1-2-11(12(15)3-9)13(6-18-8-16-7-17-18)20-5-10(4-19)21-13/h2*1-3,7-8,10,19H,4-6H2/t2*10-,13-/m10/s1. The normalized spacial score (nSPS) is 25.4. The van der Waals surface area contributed by atoms with Crippen LogP contribution in [0.5, 0.6) is 0 Å². The topological polar surface area (TPSA) is 139 Å². The summed E-state index contributed by atoms with van der Waals surface area (Å²) in [5, 5.41) is 28.6. The van der Waals surface area contributed by atoms with Gasteiger partial charge in [0.2, 0.25) is 11.6 Å². The van der Waals surface area contributed by atoms with Crippen molar-refractivity contribution in [1.82, 2.24) is 29.5 Å². The molecule has 2 saturated heterocycles. The van der Waals surface area contributed by atoms with Crippen molar-refractivity contribution in [2.45, 2.75) is 36.9 Å². The highest BCUT2D eigenvalue weighted by Crippen LogP contribution is 2.41. The van der Waals surface area contributed by atoms with E-state index < -0.39 is 23.8 Å². The number of hydrogen-bond donors (Lipinski definition) is 2. The summed E-state index contributed by atoms with van der Waals surface area (Å²) in [6.45, 7) is 0.804. The van der Waals surface area contributed by atoms with Crippen molar-refractivity contribution in [1.29, 1.82) is 0 Å². The highest BCUT2D eigenvalue weighted by molar-refractivity contribution is 6.35. The quantitative estimate of drug-likeness (QED) is 0.288. The highest BCUT2D eigenvalue weighted by atomic mass is 35.5. The number of aliphatic hydroxyl groups excluding tert-OH is 2. The van der Waals surface area contributed by atoms with E-state index in [0.717, 1.165) is 0 Å². The summed E-state index contributed by atoms with van der Waals surface area (Å²) >= 11 is 24.4. The van der Waals surface area contributed by atoms with Crippen LogP contribution in [0.25, 0.3) is 0 Å². The number of aromatic nitrogens is 6. The zero-order valence-electron chi connectivity index (χ0n) is 21.9. The molecule has 2 aromatic heterocycles. The van der Waals surface area contributed by atoms with Crippen LogP contribution in [-0.2, 0) is 43.6 Å². The van der Waals surface area contributed by atoms with Gasteiger partial charge in [-0.05, 0) is 24.3 Å². The first-order valence-corrected chi connectivity index (χ1v) is 14.2. The molecule has 0 saturated carbocycles. The minimum absolute atomic E-state index is 0.135. The van der Waals surface area contributed by atoms with Crippen molar-refractivity contribution in [2.24, 2.45) is 0 Å². The molecule has 6 rings (SSSR count). The van der Waals surface area contributed by atoms with Crippen LogP contribution in [0.1, 0.15) is 11.1 Å². The van der Waals surface area contributed by atoms with Gasteiger partial charge in [0.25, 0.3) is 0 Å². The Bertz CT molecular complexity index is 1360. The predicted molar refractivity (Wildman–Crippen MR) is 152 cm³/mol. The van der Waals surface area contributed by atoms with E-state index in [1.54, 1.807) is 58.4 Å². The number of nitrogens with zero attached hydrogens (tertiary/aromatic N) is 6. The zero-order valence-corrected chi connectivity index (χ0v) is 24.9. The average Bonchev–Trinajstić information content (AvgIpc) is 3.78. The summed E-state index contributed by atoms with van der Waals surface area (Å²) in [7, 11) is 0. The molecule has 4 heterocycles. The Kier molecular flexibility index (Phi) is 10.0. The number of hydrogen-bond acceptors (Lipinski definition) is 10. The van der Waals surface area contributed by atoms with E-state index in [4.69, 9.17) is 65.4 Å². The van der Waals surface area contributed by atoms with E-state index in [2.05, 4.69) is 20.2 Å². The lowest BCUT2D eigenvalue weighted by molar-refractivity contribution is -0.191. The zero-order chi connectivity index (χ0) is 29.7. The highest BCUT2D eigenvalue weighted by Gasteiger charge is 2.46. The van der Waals surface area contributed by atoms with Gasteiger partial charge in [-0.1, -0.05) is 58.5 Å². The first-order chi connectivity index (χ1) is 20.3. The molecular formula is C26H26Cl4N6O6. The molecule has 0 radical (unpaired) electrons. The third-order valence-corrected chi connectivity index (χ3v) is 7.58. The Labute approximate surface area is 260 Å². The maximum atomic E-state index is 9.29. The molecule has 0 bridgehead atoms. The Hall–Kier alpha value is -2.36. The van der Waals surface area contributed by atoms with Crippen molar-refractivity contribution in [3.63, 3.8) is 0 Å². The number of aliphatic hydroxyl groups is 2. The number of ether oxygens (including phenoxy) is 4. The van der Waals surface area contributed by atoms with Gasteiger partial charge in [0.15, 0.2) is 0 Å². The van der Waals surface area contributed by atoms with Gasteiger partial charge < -0.3 is 29.2 Å². The number of halogens is 4. The SMILES string of the molecule is OC[C@@H]1CO[C@@](Cn2cncn2)(c2ccc(Cl)cc2Cl)O1.OC[C@H]1CO[C@](Cn2cncn2)(c2ccc(Cl)cc2Cl)O1. The molecule has 0 unspecified atom stereocenters. The third kappa shape index (κ3) is 6.89. The van der Waals surface area contributed by atoms with Crippen LogP contribution in [-0.4, -0.2) is 78.4 Å². The van der Waals surface area contributed by atoms with Crippen molar-refractivity contribution < 1.29 is 29.2 Å². The Morgan fingerprint density at radius 2 is 1.14 bits per heavy atom. The molecule has 2 N–H and O–H groups in total. The van der Waals surface area contributed by atoms with Crippen LogP contribution in [0.2, 0.25) is 20.1 Å². The Balaban J connectivity index is 0.000000168. The van der Waals surface area contributed by atoms with Crippen molar-refractivity contribution in [3.05, 3.63) is 92.9 Å². The molecule has 2 aromatic carbocycles. The van der Waals surface area contributed by atoms with Gasteiger partial charge in [0, 0.05) is 21.2 Å². The van der Waals surface area contributed by atoms with E-state index in [1.807, 2.05) is 0 Å². The van der Waals surface area contributed by atoms with Gasteiger partial charge in [0.05, 0.1) is 36.5 Å². The monoisotopic (exact) mass is 658 g/mol. The second-order valence-corrected chi connectivity index (χ2v) is 11.1. The van der Waals surface area contributed by atoms with Crippen molar-refractivity contribution in [3.8, 4) is 0 Å². The summed E-state index contributed by atoms with van der Waals surface area (Å²) in [6, 6.07) is 10.2. The van der Waals surface area contributed by atoms with E-state index in [0.29, 0.717) is 31.2 Å². The van der Waals surface area contributed by atoms with Gasteiger partial charge in [-0.25, -0.2) is 19.3 Å². The fourth-order valence-electron chi connectivity index (χ4n) is 4.58. The van der Waals surface area contributed by atoms with E-state index in [1.165, 1.54) is 12.7 Å². The molecule has 12 nitrogen and oxygen atoms in total. The lowest BCUT2D eigenvalue weighted by Crippen LogP contribution is -2.34. The van der Waals surface area contributed by atoms with E-state index in [-0.39, 0.29) is 39.5 Å². The Morgan fingerprint density at radius 1 is 0.714 bits per heavy atom. The Morgan fingerprint density at radius 3 is 1.45 bits per heavy atom. The van der Waals surface area contributed by atoms with Crippen LogP contribution >= 0.6 is 46.4 Å². The number of benzene rings is 2. The molecule has 0 amide bonds. The molecule has 0 spiro atoms. The minimum atomic E-state index is -1.12. The predicted octanol–water partition coefficient (Wildman–Crippen LogP) is 3.69. The summed E-state index contributed by atoms with van der Waals surface area (Å²) in [4.78, 5) is 7.80. The fraction of sp³-hybridized carbons (Fsp3) is 0.385. The lowest BCUT2D eigenvalue weighted by atomic mass is 10.1. The molecule has 16 heteroatoms. The lowest BCUT2D eigenvalue weighted by Gasteiger charge is -2.29. The van der Waals surface area contributed by atoms with Crippen LogP contribution in [0, 0.1) is 0 Å². The van der Waals surface area contributed by atoms with E-state index in [9.17, 15) is 10.2 Å². The second-order valence-electron chi connectivity index (χ2n) is 9.41. The fourth-order valence-corrected chi connectivity index (χ4v) is 5.69. The van der Waals surface area contributed by atoms with Crippen LogP contribution in [0.3, 0.4) is 0 Å². The molecule has 2 fully saturated rings. The molecule has 224 valence electrons. The van der Waals surface area contributed by atoms with Gasteiger partial charge in [-0.3, -0.25) is 0 Å². The maximum absolute atomic E-state index is 9.29. The summed E-state index contributed by atoms with van der Waals surface area (Å²) in [6.07, 6.45) is 5.14. The van der Waals surface area contributed by atoms with Crippen LogP contribution in [0.15, 0.2) is 61.7 Å². The first kappa shape index (κ1) is 31.1. The smallest absolute Gasteiger partial charge is 0.217 e. The maximum Gasteiger partial charge on any atom is 0.217 e. The second kappa shape index (κ2) is 13.5. The van der Waals surface area contributed by atoms with Crippen LogP contribution < -0.4 is 0 Å². The van der Waals surface area contributed by atoms with Gasteiger partial charge in [0.1, 0.15) is 50.6 Å². The molecular weight excluding hydrogens is 634 g/mol. The largest absolute Gasteiger partial charge is 0.394 e. The summed E-state index contributed by atoms with van der Waals surface area (Å²) in [5.41, 5.74) is 1.28. The molecule has 4 atom stereocenters. The number of rotatable bonds is 8. The minimum Gasteiger partial charge on any atom is -0.394 e. The molecule has 42 heavy (non-hydrogen) atoms. The third-order valence-electron chi connectivity index (χ3n) is 6.48. The molecule has 0 aliphatic carbocycles. The average molecular weight is 660 g/mol. The van der Waals surface area contributed by atoms with Crippen molar-refractivity contribution in [2.75, 3.05) is 26.4 Å². The van der Waals surface area contributed by atoms with Gasteiger partial charge in [-0.15, -0.1) is 0 Å². The first-order valence-electron chi connectivity index (χ1n) is 12.7. The molecule has 2 aliphatic heterocycles.